The molecule has 0 fully saturated rings. The van der Waals surface area contributed by atoms with E-state index in [1.165, 1.54) is 0 Å². The third-order valence-electron chi connectivity index (χ3n) is 4.94. The Bertz CT molecular complexity index is 1010. The topological polar surface area (TPSA) is 94.0 Å². The Labute approximate surface area is 159 Å². The number of carboxylic acids is 1. The van der Waals surface area contributed by atoms with Crippen LogP contribution in [0.25, 0.3) is 16.9 Å². The largest absolute Gasteiger partial charge is 0.481 e. The number of pyridine rings is 1. The molecular formula is C21H26N4O2. The predicted molar refractivity (Wildman–Crippen MR) is 106 cm³/mol. The molecule has 1 aromatic carbocycles. The molecule has 0 saturated heterocycles. The summed E-state index contributed by atoms with van der Waals surface area (Å²) in [6.45, 7) is 8.38. The highest BCUT2D eigenvalue weighted by molar-refractivity contribution is 5.78. The predicted octanol–water partition coefficient (Wildman–Crippen LogP) is 3.64. The quantitative estimate of drug-likeness (QED) is 0.695. The van der Waals surface area contributed by atoms with E-state index in [-0.39, 0.29) is 12.3 Å². The summed E-state index contributed by atoms with van der Waals surface area (Å²) in [6.07, 6.45) is 0.866. The third-order valence-corrected chi connectivity index (χ3v) is 4.94. The molecule has 3 N–H and O–H groups in total. The first-order valence-corrected chi connectivity index (χ1v) is 9.26. The lowest BCUT2D eigenvalue weighted by atomic mass is 9.92. The maximum absolute atomic E-state index is 11.1. The van der Waals surface area contributed by atoms with Gasteiger partial charge in [-0.2, -0.15) is 0 Å². The molecule has 3 rings (SSSR count). The summed E-state index contributed by atoms with van der Waals surface area (Å²) in [5, 5.41) is 9.10. The van der Waals surface area contributed by atoms with Crippen molar-refractivity contribution in [1.82, 2.24) is 14.5 Å². The molecule has 0 radical (unpaired) electrons. The Balaban J connectivity index is 2.18. The van der Waals surface area contributed by atoms with Gasteiger partial charge in [0.2, 0.25) is 0 Å². The molecule has 1 unspecified atom stereocenters. The van der Waals surface area contributed by atoms with Crippen molar-refractivity contribution in [3.05, 3.63) is 52.5 Å². The Kier molecular flexibility index (Phi) is 5.28. The van der Waals surface area contributed by atoms with E-state index in [2.05, 4.69) is 18.4 Å². The van der Waals surface area contributed by atoms with E-state index < -0.39 is 5.97 Å². The van der Waals surface area contributed by atoms with Gasteiger partial charge >= 0.3 is 5.97 Å². The minimum Gasteiger partial charge on any atom is -0.481 e. The van der Waals surface area contributed by atoms with Gasteiger partial charge < -0.3 is 10.8 Å². The van der Waals surface area contributed by atoms with Gasteiger partial charge in [0.1, 0.15) is 11.3 Å². The number of imidazole rings is 1. The van der Waals surface area contributed by atoms with Gasteiger partial charge in [-0.25, -0.2) is 9.97 Å². The molecule has 3 aromatic rings. The molecule has 0 aliphatic carbocycles. The van der Waals surface area contributed by atoms with Crippen molar-refractivity contribution >= 4 is 17.1 Å². The van der Waals surface area contributed by atoms with E-state index in [4.69, 9.17) is 20.8 Å². The highest BCUT2D eigenvalue weighted by Crippen LogP contribution is 2.28. The van der Waals surface area contributed by atoms with Gasteiger partial charge in [0, 0.05) is 24.3 Å². The molecule has 6 heteroatoms. The first-order chi connectivity index (χ1) is 12.8. The van der Waals surface area contributed by atoms with Crippen LogP contribution < -0.4 is 5.73 Å². The van der Waals surface area contributed by atoms with Crippen LogP contribution in [0.2, 0.25) is 0 Å². The molecule has 0 aliphatic heterocycles. The zero-order chi connectivity index (χ0) is 19.7. The van der Waals surface area contributed by atoms with Crippen molar-refractivity contribution in [2.75, 3.05) is 0 Å². The highest BCUT2D eigenvalue weighted by atomic mass is 16.4. The van der Waals surface area contributed by atoms with E-state index >= 15 is 0 Å². The number of aromatic nitrogens is 3. The number of nitrogens with zero attached hydrogens (tertiary/aromatic N) is 3. The van der Waals surface area contributed by atoms with Crippen LogP contribution in [0.5, 0.6) is 0 Å². The monoisotopic (exact) mass is 366 g/mol. The minimum absolute atomic E-state index is 0.0838. The summed E-state index contributed by atoms with van der Waals surface area (Å²) in [6, 6.07) is 8.07. The molecule has 0 aliphatic rings. The molecule has 6 nitrogen and oxygen atoms in total. The Morgan fingerprint density at radius 1 is 1.26 bits per heavy atom. The lowest BCUT2D eigenvalue weighted by Crippen LogP contribution is -2.10. The van der Waals surface area contributed by atoms with Gasteiger partial charge in [0.25, 0.3) is 0 Å². The molecule has 0 spiro atoms. The van der Waals surface area contributed by atoms with Crippen molar-refractivity contribution in [3.8, 4) is 5.69 Å². The van der Waals surface area contributed by atoms with Crippen LogP contribution in [-0.4, -0.2) is 25.6 Å². The van der Waals surface area contributed by atoms with Crippen molar-refractivity contribution in [1.29, 1.82) is 0 Å². The van der Waals surface area contributed by atoms with Crippen molar-refractivity contribution in [2.24, 2.45) is 5.73 Å². The number of fused-ring (bicyclic) bond motifs is 1. The lowest BCUT2D eigenvalue weighted by molar-refractivity contribution is -0.137. The van der Waals surface area contributed by atoms with Gasteiger partial charge in [0.15, 0.2) is 5.65 Å². The molecule has 0 bridgehead atoms. The van der Waals surface area contributed by atoms with Crippen LogP contribution in [0, 0.1) is 13.8 Å². The zero-order valence-electron chi connectivity index (χ0n) is 16.3. The second-order valence-corrected chi connectivity index (χ2v) is 7.06. The summed E-state index contributed by atoms with van der Waals surface area (Å²) in [5.74, 6) is 0.0435. The average Bonchev–Trinajstić information content (AvgIpc) is 2.99. The zero-order valence-corrected chi connectivity index (χ0v) is 16.3. The molecule has 0 saturated carbocycles. The second-order valence-electron chi connectivity index (χ2n) is 7.06. The fraction of sp³-hybridized carbons (Fsp3) is 0.381. The second kappa shape index (κ2) is 7.48. The molecular weight excluding hydrogens is 340 g/mol. The summed E-state index contributed by atoms with van der Waals surface area (Å²) < 4.78 is 2.08. The van der Waals surface area contributed by atoms with Crippen LogP contribution in [0.3, 0.4) is 0 Å². The Morgan fingerprint density at radius 3 is 2.63 bits per heavy atom. The maximum atomic E-state index is 11.1. The Morgan fingerprint density at radius 2 is 2.00 bits per heavy atom. The van der Waals surface area contributed by atoms with Crippen LogP contribution in [0.15, 0.2) is 24.3 Å². The fourth-order valence-electron chi connectivity index (χ4n) is 3.67. The first-order valence-electron chi connectivity index (χ1n) is 9.26. The average molecular weight is 366 g/mol. The number of aryl methyl sites for hydroxylation is 3. The summed E-state index contributed by atoms with van der Waals surface area (Å²) in [4.78, 5) is 20.6. The fourth-order valence-corrected chi connectivity index (χ4v) is 3.67. The SMILES string of the molecule is CCc1nc2c(C)cc(C)nc2n1-c1ccc(C(C)CC(=O)O)c(CN)c1. The molecule has 0 amide bonds. The third kappa shape index (κ3) is 3.57. The van der Waals surface area contributed by atoms with E-state index in [9.17, 15) is 4.79 Å². The van der Waals surface area contributed by atoms with Gasteiger partial charge in [-0.15, -0.1) is 0 Å². The Hall–Kier alpha value is -2.73. The maximum Gasteiger partial charge on any atom is 0.303 e. The molecule has 142 valence electrons. The number of carboxylic acid groups (broad SMARTS) is 1. The number of hydrogen-bond donors (Lipinski definition) is 2. The highest BCUT2D eigenvalue weighted by Gasteiger charge is 2.18. The van der Waals surface area contributed by atoms with Crippen LogP contribution in [-0.2, 0) is 17.8 Å². The number of carbonyl (C=O) groups is 1. The van der Waals surface area contributed by atoms with Gasteiger partial charge in [-0.1, -0.05) is 19.9 Å². The van der Waals surface area contributed by atoms with E-state index in [1.54, 1.807) is 0 Å². The van der Waals surface area contributed by atoms with Gasteiger partial charge in [0.05, 0.1) is 6.42 Å². The van der Waals surface area contributed by atoms with Gasteiger partial charge in [-0.3, -0.25) is 9.36 Å². The van der Waals surface area contributed by atoms with E-state index in [1.807, 2.05) is 38.1 Å². The van der Waals surface area contributed by atoms with Crippen molar-refractivity contribution in [2.45, 2.75) is 53.0 Å². The van der Waals surface area contributed by atoms with Crippen molar-refractivity contribution < 1.29 is 9.90 Å². The number of rotatable bonds is 6. The summed E-state index contributed by atoms with van der Waals surface area (Å²) in [5.41, 5.74) is 12.7. The molecule has 27 heavy (non-hydrogen) atoms. The molecule has 2 aromatic heterocycles. The normalized spacial score (nSPS) is 12.5. The minimum atomic E-state index is -0.807. The summed E-state index contributed by atoms with van der Waals surface area (Å²) >= 11 is 0. The van der Waals surface area contributed by atoms with E-state index in [0.717, 1.165) is 51.5 Å². The van der Waals surface area contributed by atoms with Crippen LogP contribution in [0.1, 0.15) is 54.4 Å². The van der Waals surface area contributed by atoms with E-state index in [0.29, 0.717) is 6.54 Å². The number of hydrogen-bond acceptors (Lipinski definition) is 4. The van der Waals surface area contributed by atoms with Crippen LogP contribution >= 0.6 is 0 Å². The summed E-state index contributed by atoms with van der Waals surface area (Å²) in [7, 11) is 0. The smallest absolute Gasteiger partial charge is 0.303 e. The van der Waals surface area contributed by atoms with Crippen molar-refractivity contribution in [3.63, 3.8) is 0 Å². The van der Waals surface area contributed by atoms with Gasteiger partial charge in [-0.05, 0) is 54.7 Å². The number of benzene rings is 1. The lowest BCUT2D eigenvalue weighted by Gasteiger charge is -2.17. The number of aliphatic carboxylic acids is 1. The number of nitrogens with two attached hydrogens (primary N) is 1. The first kappa shape index (κ1) is 19.0. The molecule has 1 atom stereocenters. The van der Waals surface area contributed by atoms with Crippen LogP contribution in [0.4, 0.5) is 0 Å². The molecule has 2 heterocycles. The standard InChI is InChI=1S/C21H26N4O2/c1-5-18-24-20-13(3)8-14(4)23-21(20)25(18)16-6-7-17(15(10-16)11-22)12(2)9-19(26)27/h6-8,10,12H,5,9,11,22H2,1-4H3,(H,26,27).